The molecule has 0 aromatic heterocycles. The number of hydrogen-bond acceptors (Lipinski definition) is 3. The van der Waals surface area contributed by atoms with E-state index < -0.39 is 0 Å². The van der Waals surface area contributed by atoms with Gasteiger partial charge in [0.1, 0.15) is 12.4 Å². The van der Waals surface area contributed by atoms with E-state index in [1.54, 1.807) is 12.1 Å². The number of nitrogens with zero attached hydrogens (tertiary/aromatic N) is 1. The topological polar surface area (TPSA) is 42.2 Å². The molecular formula is C25H21BrFNO2. The lowest BCUT2D eigenvalue weighted by Crippen LogP contribution is -2.01. The first-order valence-electron chi connectivity index (χ1n) is 9.52. The van der Waals surface area contributed by atoms with Gasteiger partial charge in [-0.15, -0.1) is 0 Å². The molecule has 0 N–H and O–H groups in total. The Bertz CT molecular complexity index is 1100. The Morgan fingerprint density at radius 3 is 2.53 bits per heavy atom. The summed E-state index contributed by atoms with van der Waals surface area (Å²) >= 11 is 3.54. The fourth-order valence-corrected chi connectivity index (χ4v) is 3.51. The van der Waals surface area contributed by atoms with E-state index in [4.69, 9.17) is 9.47 Å². The fourth-order valence-electron chi connectivity index (χ4n) is 2.94. The van der Waals surface area contributed by atoms with Crippen molar-refractivity contribution in [2.24, 2.45) is 0 Å². The Balaban J connectivity index is 1.92. The molecule has 0 unspecified atom stereocenters. The molecule has 0 atom stereocenters. The van der Waals surface area contributed by atoms with Crippen molar-refractivity contribution in [1.82, 2.24) is 0 Å². The Kier molecular flexibility index (Phi) is 7.26. The van der Waals surface area contributed by atoms with Crippen molar-refractivity contribution in [2.45, 2.75) is 20.5 Å². The van der Waals surface area contributed by atoms with Gasteiger partial charge >= 0.3 is 0 Å². The fraction of sp³-hybridized carbons (Fsp3) is 0.160. The molecule has 0 spiro atoms. The lowest BCUT2D eigenvalue weighted by molar-refractivity contribution is 0.267. The Morgan fingerprint density at radius 2 is 1.87 bits per heavy atom. The smallest absolute Gasteiger partial charge is 0.175 e. The van der Waals surface area contributed by atoms with Gasteiger partial charge in [-0.25, -0.2) is 4.39 Å². The molecule has 3 aromatic rings. The number of ether oxygens (including phenoxy) is 2. The predicted octanol–water partition coefficient (Wildman–Crippen LogP) is 6.94. The van der Waals surface area contributed by atoms with Crippen molar-refractivity contribution < 1.29 is 13.9 Å². The minimum atomic E-state index is -0.305. The van der Waals surface area contributed by atoms with Gasteiger partial charge < -0.3 is 9.47 Å². The zero-order valence-corrected chi connectivity index (χ0v) is 18.4. The van der Waals surface area contributed by atoms with Crippen LogP contribution in [0.5, 0.6) is 11.5 Å². The van der Waals surface area contributed by atoms with Crippen molar-refractivity contribution in [3.05, 3.63) is 93.2 Å². The number of allylic oxidation sites excluding steroid dienone is 1. The van der Waals surface area contributed by atoms with Crippen LogP contribution >= 0.6 is 15.9 Å². The van der Waals surface area contributed by atoms with Crippen molar-refractivity contribution in [2.75, 3.05) is 6.61 Å². The molecule has 0 fully saturated rings. The highest BCUT2D eigenvalue weighted by molar-refractivity contribution is 9.10. The van der Waals surface area contributed by atoms with Crippen LogP contribution in [0.4, 0.5) is 4.39 Å². The van der Waals surface area contributed by atoms with Gasteiger partial charge in [0.15, 0.2) is 11.5 Å². The highest BCUT2D eigenvalue weighted by Crippen LogP contribution is 2.38. The van der Waals surface area contributed by atoms with E-state index in [-0.39, 0.29) is 12.4 Å². The summed E-state index contributed by atoms with van der Waals surface area (Å²) in [6.07, 6.45) is 1.81. The van der Waals surface area contributed by atoms with Crippen LogP contribution in [-0.4, -0.2) is 6.61 Å². The maximum atomic E-state index is 13.4. The largest absolute Gasteiger partial charge is 0.490 e. The van der Waals surface area contributed by atoms with Crippen molar-refractivity contribution in [3.8, 4) is 17.6 Å². The van der Waals surface area contributed by atoms with E-state index in [0.717, 1.165) is 22.3 Å². The van der Waals surface area contributed by atoms with E-state index in [0.29, 0.717) is 28.2 Å². The SMILES string of the molecule is CCOc1cc(/C=C(/C#N)c2ccc(C)cc2)cc(Br)c1OCc1cccc(F)c1. The number of halogens is 2. The molecule has 30 heavy (non-hydrogen) atoms. The first-order chi connectivity index (χ1) is 14.5. The quantitative estimate of drug-likeness (QED) is 0.280. The summed E-state index contributed by atoms with van der Waals surface area (Å²) in [5, 5.41) is 9.62. The van der Waals surface area contributed by atoms with Crippen LogP contribution in [0.2, 0.25) is 0 Å². The van der Waals surface area contributed by atoms with Crippen LogP contribution in [0.15, 0.2) is 65.1 Å². The van der Waals surface area contributed by atoms with Gasteiger partial charge in [0.25, 0.3) is 0 Å². The third-order valence-electron chi connectivity index (χ3n) is 4.40. The van der Waals surface area contributed by atoms with Crippen LogP contribution in [0.3, 0.4) is 0 Å². The maximum Gasteiger partial charge on any atom is 0.175 e. The van der Waals surface area contributed by atoms with Crippen molar-refractivity contribution in [1.29, 1.82) is 5.26 Å². The first kappa shape index (κ1) is 21.6. The third kappa shape index (κ3) is 5.49. The van der Waals surface area contributed by atoms with E-state index in [1.165, 1.54) is 12.1 Å². The lowest BCUT2D eigenvalue weighted by atomic mass is 10.0. The predicted molar refractivity (Wildman–Crippen MR) is 121 cm³/mol. The molecular weight excluding hydrogens is 445 g/mol. The lowest BCUT2D eigenvalue weighted by Gasteiger charge is -2.15. The van der Waals surface area contributed by atoms with Gasteiger partial charge in [0.2, 0.25) is 0 Å². The Hall–Kier alpha value is -3.10. The second-order valence-corrected chi connectivity index (χ2v) is 7.57. The molecule has 3 rings (SSSR count). The Labute approximate surface area is 184 Å². The highest BCUT2D eigenvalue weighted by Gasteiger charge is 2.13. The van der Waals surface area contributed by atoms with E-state index >= 15 is 0 Å². The van der Waals surface area contributed by atoms with Crippen LogP contribution in [0.1, 0.15) is 29.2 Å². The molecule has 0 bridgehead atoms. The third-order valence-corrected chi connectivity index (χ3v) is 4.99. The number of rotatable bonds is 7. The standard InChI is InChI=1S/C25H21BrFNO2/c1-3-29-24-14-19(11-21(15-28)20-9-7-17(2)8-10-20)13-23(26)25(24)30-16-18-5-4-6-22(27)12-18/h4-14H,3,16H2,1-2H3/b21-11-. The van der Waals surface area contributed by atoms with Crippen molar-refractivity contribution in [3.63, 3.8) is 0 Å². The second kappa shape index (κ2) is 10.1. The van der Waals surface area contributed by atoms with Crippen LogP contribution in [-0.2, 0) is 6.61 Å². The van der Waals surface area contributed by atoms with E-state index in [9.17, 15) is 9.65 Å². The van der Waals surface area contributed by atoms with Crippen LogP contribution in [0, 0.1) is 24.1 Å². The highest BCUT2D eigenvalue weighted by atomic mass is 79.9. The molecule has 0 aliphatic rings. The molecule has 5 heteroatoms. The average Bonchev–Trinajstić information content (AvgIpc) is 2.72. The van der Waals surface area contributed by atoms with E-state index in [1.807, 2.05) is 56.3 Å². The van der Waals surface area contributed by atoms with Gasteiger partial charge in [0.05, 0.1) is 22.7 Å². The number of nitriles is 1. The summed E-state index contributed by atoms with van der Waals surface area (Å²) in [6, 6.07) is 20.1. The zero-order valence-electron chi connectivity index (χ0n) is 16.8. The van der Waals surface area contributed by atoms with Crippen LogP contribution < -0.4 is 9.47 Å². The Morgan fingerprint density at radius 1 is 1.10 bits per heavy atom. The van der Waals surface area contributed by atoms with Crippen LogP contribution in [0.25, 0.3) is 11.6 Å². The molecule has 0 radical (unpaired) electrons. The summed E-state index contributed by atoms with van der Waals surface area (Å²) in [4.78, 5) is 0. The van der Waals surface area contributed by atoms with Gasteiger partial charge in [0, 0.05) is 0 Å². The number of hydrogen-bond donors (Lipinski definition) is 0. The minimum absolute atomic E-state index is 0.207. The summed E-state index contributed by atoms with van der Waals surface area (Å²) in [6.45, 7) is 4.56. The van der Waals surface area contributed by atoms with Gasteiger partial charge in [-0.05, 0) is 76.8 Å². The zero-order chi connectivity index (χ0) is 21.5. The molecule has 0 amide bonds. The molecule has 3 nitrogen and oxygen atoms in total. The van der Waals surface area contributed by atoms with Gasteiger partial charge in [-0.2, -0.15) is 5.26 Å². The van der Waals surface area contributed by atoms with Gasteiger partial charge in [-0.3, -0.25) is 0 Å². The molecule has 0 aliphatic carbocycles. The molecule has 0 saturated carbocycles. The summed E-state index contributed by atoms with van der Waals surface area (Å²) in [7, 11) is 0. The van der Waals surface area contributed by atoms with Gasteiger partial charge in [-0.1, -0.05) is 42.0 Å². The molecule has 0 heterocycles. The maximum absolute atomic E-state index is 13.4. The molecule has 0 saturated heterocycles. The summed E-state index contributed by atoms with van der Waals surface area (Å²) in [5.74, 6) is 0.781. The molecule has 152 valence electrons. The monoisotopic (exact) mass is 465 g/mol. The average molecular weight is 466 g/mol. The minimum Gasteiger partial charge on any atom is -0.490 e. The first-order valence-corrected chi connectivity index (χ1v) is 10.3. The normalized spacial score (nSPS) is 11.1. The number of benzene rings is 3. The molecule has 0 aliphatic heterocycles. The molecule has 3 aromatic carbocycles. The number of aryl methyl sites for hydroxylation is 1. The summed E-state index contributed by atoms with van der Waals surface area (Å²) in [5.41, 5.74) is 4.07. The van der Waals surface area contributed by atoms with E-state index in [2.05, 4.69) is 22.0 Å². The second-order valence-electron chi connectivity index (χ2n) is 6.72. The summed E-state index contributed by atoms with van der Waals surface area (Å²) < 4.78 is 25.8. The van der Waals surface area contributed by atoms with Crippen molar-refractivity contribution >= 4 is 27.6 Å².